The van der Waals surface area contributed by atoms with Crippen molar-refractivity contribution in [2.75, 3.05) is 0 Å². The lowest BCUT2D eigenvalue weighted by Crippen LogP contribution is -2.58. The number of carboxylic acid groups (broad SMARTS) is 1. The number of hydrogen-bond acceptors (Lipinski definition) is 5. The number of likely N-dealkylation sites (tertiary alicyclic amines) is 1. The van der Waals surface area contributed by atoms with Crippen molar-refractivity contribution in [3.8, 4) is 0 Å². The van der Waals surface area contributed by atoms with Crippen LogP contribution in [0.5, 0.6) is 0 Å². The number of H-pyrrole nitrogens is 1. The van der Waals surface area contributed by atoms with Gasteiger partial charge < -0.3 is 15.8 Å². The van der Waals surface area contributed by atoms with E-state index in [1.165, 1.54) is 12.5 Å². The van der Waals surface area contributed by atoms with Gasteiger partial charge in [-0.15, -0.1) is 0 Å². The Kier molecular flexibility index (Phi) is 3.61. The van der Waals surface area contributed by atoms with Crippen molar-refractivity contribution in [1.29, 1.82) is 0 Å². The van der Waals surface area contributed by atoms with Crippen LogP contribution in [-0.4, -0.2) is 49.8 Å². The molecule has 1 aliphatic rings. The van der Waals surface area contributed by atoms with E-state index in [4.69, 9.17) is 5.73 Å². The summed E-state index contributed by atoms with van der Waals surface area (Å²) in [6.07, 6.45) is 3.18. The maximum atomic E-state index is 11.9. The largest absolute Gasteiger partial charge is 0.480 e. The molecule has 0 spiro atoms. The van der Waals surface area contributed by atoms with E-state index in [-0.39, 0.29) is 19.3 Å². The van der Waals surface area contributed by atoms with Crippen LogP contribution in [0.15, 0.2) is 12.5 Å². The summed E-state index contributed by atoms with van der Waals surface area (Å²) in [7, 11) is 0. The summed E-state index contributed by atoms with van der Waals surface area (Å²) in [4.78, 5) is 42.3. The Morgan fingerprint density at radius 1 is 1.63 bits per heavy atom. The molecule has 1 aromatic heterocycles. The number of aromatic nitrogens is 2. The Bertz CT molecular complexity index is 499. The fourth-order valence-corrected chi connectivity index (χ4v) is 2.05. The van der Waals surface area contributed by atoms with Crippen LogP contribution in [0.2, 0.25) is 0 Å². The topological polar surface area (TPSA) is 129 Å². The van der Waals surface area contributed by atoms with Gasteiger partial charge in [0.05, 0.1) is 12.4 Å². The number of nitrogens with two attached hydrogens (primary N) is 1. The van der Waals surface area contributed by atoms with E-state index in [1.807, 2.05) is 0 Å². The Hall–Kier alpha value is -2.22. The van der Waals surface area contributed by atoms with Gasteiger partial charge in [0, 0.05) is 24.7 Å². The monoisotopic (exact) mass is 266 g/mol. The van der Waals surface area contributed by atoms with Crippen molar-refractivity contribution in [3.63, 3.8) is 0 Å². The predicted octanol–water partition coefficient (Wildman–Crippen LogP) is -1.12. The van der Waals surface area contributed by atoms with Crippen LogP contribution in [0, 0.1) is 0 Å². The zero-order valence-corrected chi connectivity index (χ0v) is 10.1. The zero-order valence-electron chi connectivity index (χ0n) is 10.1. The number of piperidine rings is 1. The first-order chi connectivity index (χ1) is 9.00. The van der Waals surface area contributed by atoms with E-state index in [2.05, 4.69) is 9.97 Å². The molecule has 2 amide bonds. The summed E-state index contributed by atoms with van der Waals surface area (Å²) >= 11 is 0. The first kappa shape index (κ1) is 13.2. The summed E-state index contributed by atoms with van der Waals surface area (Å²) in [5.74, 6) is -2.38. The van der Waals surface area contributed by atoms with Crippen molar-refractivity contribution in [3.05, 3.63) is 18.2 Å². The summed E-state index contributed by atoms with van der Waals surface area (Å²) in [5, 5.41) is 9.22. The third-order valence-electron chi connectivity index (χ3n) is 3.06. The highest BCUT2D eigenvalue weighted by molar-refractivity contribution is 6.03. The van der Waals surface area contributed by atoms with Crippen LogP contribution in [0.3, 0.4) is 0 Å². The van der Waals surface area contributed by atoms with Gasteiger partial charge in [-0.05, 0) is 6.42 Å². The number of nitrogens with zero attached hydrogens (tertiary/aromatic N) is 2. The average molecular weight is 266 g/mol. The molecule has 1 aliphatic heterocycles. The molecule has 1 saturated heterocycles. The molecule has 102 valence electrons. The molecule has 19 heavy (non-hydrogen) atoms. The van der Waals surface area contributed by atoms with Crippen LogP contribution in [0.25, 0.3) is 0 Å². The predicted molar refractivity (Wildman–Crippen MR) is 62.8 cm³/mol. The molecular weight excluding hydrogens is 252 g/mol. The molecule has 1 fully saturated rings. The molecule has 0 aromatic carbocycles. The van der Waals surface area contributed by atoms with E-state index < -0.39 is 29.9 Å². The number of aliphatic carboxylic acids is 1. The van der Waals surface area contributed by atoms with Gasteiger partial charge >= 0.3 is 5.97 Å². The minimum Gasteiger partial charge on any atom is -0.480 e. The fraction of sp³-hybridized carbons (Fsp3) is 0.455. The first-order valence-electron chi connectivity index (χ1n) is 5.82. The summed E-state index contributed by atoms with van der Waals surface area (Å²) in [6.45, 7) is 0. The molecule has 8 nitrogen and oxygen atoms in total. The smallest absolute Gasteiger partial charge is 0.327 e. The number of nitrogens with one attached hydrogen (secondary N) is 1. The summed E-state index contributed by atoms with van der Waals surface area (Å²) in [5.41, 5.74) is 6.12. The molecule has 4 N–H and O–H groups in total. The van der Waals surface area contributed by atoms with Crippen LogP contribution in [0.1, 0.15) is 18.5 Å². The second-order valence-electron chi connectivity index (χ2n) is 4.38. The third-order valence-corrected chi connectivity index (χ3v) is 3.06. The van der Waals surface area contributed by atoms with Gasteiger partial charge in [0.2, 0.25) is 11.8 Å². The van der Waals surface area contributed by atoms with Crippen LogP contribution < -0.4 is 5.73 Å². The quantitative estimate of drug-likeness (QED) is 0.592. The van der Waals surface area contributed by atoms with Gasteiger partial charge in [-0.2, -0.15) is 0 Å². The van der Waals surface area contributed by atoms with E-state index in [1.54, 1.807) is 0 Å². The van der Waals surface area contributed by atoms with E-state index in [0.29, 0.717) is 5.69 Å². The number of imidazole rings is 1. The highest BCUT2D eigenvalue weighted by atomic mass is 16.4. The Labute approximate surface area is 108 Å². The van der Waals surface area contributed by atoms with Crippen molar-refractivity contribution in [2.45, 2.75) is 31.3 Å². The van der Waals surface area contributed by atoms with Crippen molar-refractivity contribution >= 4 is 17.8 Å². The van der Waals surface area contributed by atoms with E-state index >= 15 is 0 Å². The maximum Gasteiger partial charge on any atom is 0.327 e. The average Bonchev–Trinajstić information content (AvgIpc) is 2.86. The van der Waals surface area contributed by atoms with Crippen LogP contribution in [-0.2, 0) is 20.8 Å². The SMILES string of the molecule is NC1CCC(=O)N(C(Cc2cnc[nH]2)C(=O)O)C1=O. The second kappa shape index (κ2) is 5.19. The number of aromatic amines is 1. The van der Waals surface area contributed by atoms with Gasteiger partial charge in [0.1, 0.15) is 6.04 Å². The summed E-state index contributed by atoms with van der Waals surface area (Å²) in [6, 6.07) is -2.08. The Morgan fingerprint density at radius 2 is 2.37 bits per heavy atom. The first-order valence-corrected chi connectivity index (χ1v) is 5.82. The highest BCUT2D eigenvalue weighted by Crippen LogP contribution is 2.17. The van der Waals surface area contributed by atoms with Crippen molar-refractivity contribution in [2.24, 2.45) is 5.73 Å². The molecule has 2 heterocycles. The maximum absolute atomic E-state index is 11.9. The fourth-order valence-electron chi connectivity index (χ4n) is 2.05. The lowest BCUT2D eigenvalue weighted by molar-refractivity contribution is -0.161. The van der Waals surface area contributed by atoms with Crippen molar-refractivity contribution < 1.29 is 19.5 Å². The van der Waals surface area contributed by atoms with Crippen LogP contribution in [0.4, 0.5) is 0 Å². The van der Waals surface area contributed by atoms with E-state index in [9.17, 15) is 19.5 Å². The lowest BCUT2D eigenvalue weighted by Gasteiger charge is -2.32. The Morgan fingerprint density at radius 3 is 2.95 bits per heavy atom. The molecule has 0 bridgehead atoms. The number of amides is 2. The number of carboxylic acids is 1. The Balaban J connectivity index is 2.24. The minimum absolute atomic E-state index is 0.0144. The number of rotatable bonds is 4. The number of hydrogen-bond donors (Lipinski definition) is 3. The molecule has 0 aliphatic carbocycles. The lowest BCUT2D eigenvalue weighted by atomic mass is 10.0. The van der Waals surface area contributed by atoms with Crippen LogP contribution >= 0.6 is 0 Å². The van der Waals surface area contributed by atoms with Gasteiger partial charge in [0.15, 0.2) is 0 Å². The molecule has 0 saturated carbocycles. The second-order valence-corrected chi connectivity index (χ2v) is 4.38. The third kappa shape index (κ3) is 2.63. The van der Waals surface area contributed by atoms with E-state index in [0.717, 1.165) is 4.90 Å². The molecule has 2 atom stereocenters. The van der Waals surface area contributed by atoms with Gasteiger partial charge in [0.25, 0.3) is 0 Å². The van der Waals surface area contributed by atoms with Gasteiger partial charge in [-0.3, -0.25) is 14.5 Å². The molecule has 8 heteroatoms. The molecule has 2 rings (SSSR count). The molecule has 1 aromatic rings. The molecule has 2 unspecified atom stereocenters. The summed E-state index contributed by atoms with van der Waals surface area (Å²) < 4.78 is 0. The highest BCUT2D eigenvalue weighted by Gasteiger charge is 2.40. The molecule has 0 radical (unpaired) electrons. The standard InChI is InChI=1S/C11H14N4O4/c12-7-1-2-9(16)15(10(7)17)8(11(18)19)3-6-4-13-5-14-6/h4-5,7-8H,1-3,12H2,(H,13,14)(H,18,19). The van der Waals surface area contributed by atoms with Gasteiger partial charge in [-0.1, -0.05) is 0 Å². The zero-order chi connectivity index (χ0) is 14.0. The number of carbonyl (C=O) groups excluding carboxylic acids is 2. The number of imide groups is 1. The molecular formula is C11H14N4O4. The number of carbonyl (C=O) groups is 3. The van der Waals surface area contributed by atoms with Gasteiger partial charge in [-0.25, -0.2) is 9.78 Å². The normalized spacial score (nSPS) is 21.5. The van der Waals surface area contributed by atoms with Crippen molar-refractivity contribution in [1.82, 2.24) is 14.9 Å². The minimum atomic E-state index is -1.26.